The van der Waals surface area contributed by atoms with Crippen LogP contribution in [0.4, 0.5) is 0 Å². The lowest BCUT2D eigenvalue weighted by Gasteiger charge is -2.27. The van der Waals surface area contributed by atoms with E-state index in [-0.39, 0.29) is 5.75 Å². The minimum atomic E-state index is -1.98. The molecule has 0 aliphatic carbocycles. The van der Waals surface area contributed by atoms with Gasteiger partial charge in [-0.15, -0.1) is 13.2 Å². The second kappa shape index (κ2) is 13.3. The molecule has 41 heavy (non-hydrogen) atoms. The van der Waals surface area contributed by atoms with Crippen molar-refractivity contribution in [3.05, 3.63) is 164 Å². The number of hydrogen-bond acceptors (Lipinski definition) is 2. The van der Waals surface area contributed by atoms with Crippen molar-refractivity contribution in [2.24, 2.45) is 0 Å². The van der Waals surface area contributed by atoms with E-state index in [1.807, 2.05) is 36.4 Å². The first-order chi connectivity index (χ1) is 20.2. The lowest BCUT2D eigenvalue weighted by molar-refractivity contribution is 0.340. The predicted octanol–water partition coefficient (Wildman–Crippen LogP) is 7.89. The van der Waals surface area contributed by atoms with E-state index in [1.54, 1.807) is 6.07 Å². The summed E-state index contributed by atoms with van der Waals surface area (Å²) in [7, 11) is -1.98. The molecule has 5 rings (SSSR count). The van der Waals surface area contributed by atoms with Gasteiger partial charge in [0.2, 0.25) is 0 Å². The number of rotatable bonds is 12. The molecule has 0 unspecified atom stereocenters. The summed E-state index contributed by atoms with van der Waals surface area (Å²) in [6.45, 7) is 8.40. The van der Waals surface area contributed by atoms with Crippen LogP contribution in [0, 0.1) is 0 Å². The Hall–Kier alpha value is -4.39. The molecule has 0 spiro atoms. The number of benzene rings is 5. The first kappa shape index (κ1) is 28.1. The summed E-state index contributed by atoms with van der Waals surface area (Å²) in [5.41, 5.74) is 3.93. The van der Waals surface area contributed by atoms with Gasteiger partial charge in [0.25, 0.3) is 0 Å². The van der Waals surface area contributed by atoms with Crippen molar-refractivity contribution in [3.63, 3.8) is 0 Å². The van der Waals surface area contributed by atoms with Crippen LogP contribution in [0.15, 0.2) is 153 Å². The summed E-state index contributed by atoms with van der Waals surface area (Å²) in [6.07, 6.45) is 6.06. The van der Waals surface area contributed by atoms with Gasteiger partial charge in [-0.1, -0.05) is 78.9 Å². The highest BCUT2D eigenvalue weighted by molar-refractivity contribution is 7.95. The quantitative estimate of drug-likeness (QED) is 0.125. The highest BCUT2D eigenvalue weighted by Crippen LogP contribution is 2.55. The van der Waals surface area contributed by atoms with Crippen LogP contribution in [0.25, 0.3) is 11.1 Å². The zero-order valence-electron chi connectivity index (χ0n) is 23.3. The highest BCUT2D eigenvalue weighted by Gasteiger charge is 2.45. The van der Waals surface area contributed by atoms with Gasteiger partial charge in [-0.05, 0) is 90.2 Å². The molecule has 2 nitrogen and oxygen atoms in total. The Morgan fingerprint density at radius 1 is 0.634 bits per heavy atom. The molecule has 0 radical (unpaired) electrons. The Labute approximate surface area is 244 Å². The molecule has 0 saturated heterocycles. The molecule has 5 aromatic carbocycles. The van der Waals surface area contributed by atoms with Crippen LogP contribution in [0.5, 0.6) is 11.5 Å². The largest absolute Gasteiger partial charge is 0.507 e. The lowest BCUT2D eigenvalue weighted by atomic mass is 9.97. The molecule has 0 heterocycles. The Morgan fingerprint density at radius 2 is 1.20 bits per heavy atom. The van der Waals surface area contributed by atoms with E-state index in [9.17, 15) is 5.11 Å². The van der Waals surface area contributed by atoms with Gasteiger partial charge in [0, 0.05) is 5.56 Å². The van der Waals surface area contributed by atoms with Crippen molar-refractivity contribution in [1.29, 1.82) is 0 Å². The van der Waals surface area contributed by atoms with Gasteiger partial charge >= 0.3 is 0 Å². The van der Waals surface area contributed by atoms with Gasteiger partial charge in [0.05, 0.1) is 0 Å². The summed E-state index contributed by atoms with van der Waals surface area (Å²) >= 11 is 0. The first-order valence-corrected chi connectivity index (χ1v) is 16.0. The molecule has 1 N–H and O–H groups in total. The zero-order valence-corrected chi connectivity index (χ0v) is 24.2. The number of hydrogen-bond donors (Lipinski definition) is 1. The molecule has 0 aliphatic heterocycles. The standard InChI is InChI=1S/C38H35O2P/c1-3-14-30-22-24-37(39)36(28-30)31-23-25-38(32(29-31)15-4-2)40-26-27-41(33-16-8-5-9-17-33,34-18-10-6-11-19-34)35-20-12-7-13-21-35/h3-13,16-25,28-29H,1-2,14-15,26-27H2/p+1. The van der Waals surface area contributed by atoms with Crippen LogP contribution >= 0.6 is 7.26 Å². The molecule has 0 amide bonds. The second-order valence-electron chi connectivity index (χ2n) is 10.0. The van der Waals surface area contributed by atoms with E-state index >= 15 is 0 Å². The van der Waals surface area contributed by atoms with E-state index in [1.165, 1.54) is 15.9 Å². The van der Waals surface area contributed by atoms with Gasteiger partial charge in [0.15, 0.2) is 0 Å². The number of phenolic OH excluding ortho intramolecular Hbond substituents is 1. The maximum atomic E-state index is 10.6. The van der Waals surface area contributed by atoms with Crippen LogP contribution < -0.4 is 20.7 Å². The normalized spacial score (nSPS) is 11.1. The summed E-state index contributed by atoms with van der Waals surface area (Å²) in [5, 5.41) is 14.7. The molecule has 0 atom stereocenters. The summed E-state index contributed by atoms with van der Waals surface area (Å²) in [5.74, 6) is 1.11. The number of phenols is 1. The van der Waals surface area contributed by atoms with Gasteiger partial charge in [-0.3, -0.25) is 0 Å². The average Bonchev–Trinajstić information content (AvgIpc) is 3.02. The van der Waals surface area contributed by atoms with E-state index in [0.29, 0.717) is 13.0 Å². The molecular weight excluding hydrogens is 519 g/mol. The third kappa shape index (κ3) is 6.19. The first-order valence-electron chi connectivity index (χ1n) is 14.0. The van der Waals surface area contributed by atoms with E-state index in [0.717, 1.165) is 40.6 Å². The number of aromatic hydroxyl groups is 1. The van der Waals surface area contributed by atoms with Gasteiger partial charge in [-0.25, -0.2) is 0 Å². The van der Waals surface area contributed by atoms with E-state index < -0.39 is 7.26 Å². The van der Waals surface area contributed by atoms with Crippen LogP contribution in [-0.2, 0) is 12.8 Å². The molecular formula is C38H36O2P+. The van der Waals surface area contributed by atoms with Crippen molar-refractivity contribution in [3.8, 4) is 22.6 Å². The predicted molar refractivity (Wildman–Crippen MR) is 177 cm³/mol. The maximum Gasteiger partial charge on any atom is 0.123 e. The van der Waals surface area contributed by atoms with Crippen molar-refractivity contribution in [2.75, 3.05) is 12.8 Å². The minimum Gasteiger partial charge on any atom is -0.507 e. The van der Waals surface area contributed by atoms with Gasteiger partial charge < -0.3 is 9.84 Å². The van der Waals surface area contributed by atoms with E-state index in [2.05, 4.69) is 110 Å². The SMILES string of the molecule is C=CCc1ccc(O)c(-c2ccc(OCC[P+](c3ccccc3)(c3ccccc3)c3ccccc3)c(CC=C)c2)c1. The summed E-state index contributed by atoms with van der Waals surface area (Å²) in [6, 6.07) is 44.5. The molecule has 0 bridgehead atoms. The fourth-order valence-electron chi connectivity index (χ4n) is 5.49. The molecule has 3 heteroatoms. The molecule has 0 fully saturated rings. The zero-order chi connectivity index (χ0) is 28.5. The third-order valence-corrected chi connectivity index (χ3v) is 11.8. The van der Waals surface area contributed by atoms with Crippen molar-refractivity contribution in [1.82, 2.24) is 0 Å². The topological polar surface area (TPSA) is 29.5 Å². The lowest BCUT2D eigenvalue weighted by Crippen LogP contribution is -2.35. The molecule has 0 aromatic heterocycles. The molecule has 204 valence electrons. The summed E-state index contributed by atoms with van der Waals surface area (Å²) < 4.78 is 6.60. The van der Waals surface area contributed by atoms with Crippen molar-refractivity contribution < 1.29 is 9.84 Å². The van der Waals surface area contributed by atoms with Gasteiger partial charge in [-0.2, -0.15) is 0 Å². The highest BCUT2D eigenvalue weighted by atomic mass is 31.2. The van der Waals surface area contributed by atoms with Gasteiger partial charge in [0.1, 0.15) is 47.4 Å². The Bertz CT molecular complexity index is 1500. The second-order valence-corrected chi connectivity index (χ2v) is 13.7. The smallest absolute Gasteiger partial charge is 0.123 e. The Kier molecular flexibility index (Phi) is 9.14. The number of allylic oxidation sites excluding steroid dienone is 2. The van der Waals surface area contributed by atoms with Crippen LogP contribution in [-0.4, -0.2) is 17.9 Å². The molecule has 0 saturated carbocycles. The summed E-state index contributed by atoms with van der Waals surface area (Å²) in [4.78, 5) is 0. The van der Waals surface area contributed by atoms with Crippen LogP contribution in [0.1, 0.15) is 11.1 Å². The number of ether oxygens (including phenoxy) is 1. The molecule has 5 aromatic rings. The average molecular weight is 556 g/mol. The van der Waals surface area contributed by atoms with E-state index in [4.69, 9.17) is 4.74 Å². The monoisotopic (exact) mass is 555 g/mol. The Morgan fingerprint density at radius 3 is 1.73 bits per heavy atom. The van der Waals surface area contributed by atoms with Crippen molar-refractivity contribution >= 4 is 23.2 Å². The van der Waals surface area contributed by atoms with Crippen LogP contribution in [0.3, 0.4) is 0 Å². The maximum absolute atomic E-state index is 10.6. The van der Waals surface area contributed by atoms with Crippen LogP contribution in [0.2, 0.25) is 0 Å². The molecule has 0 aliphatic rings. The fourth-order valence-corrected chi connectivity index (χ4v) is 9.56. The fraction of sp³-hybridized carbons (Fsp3) is 0.105. The van der Waals surface area contributed by atoms with Crippen molar-refractivity contribution in [2.45, 2.75) is 12.8 Å². The minimum absolute atomic E-state index is 0.263. The Balaban J connectivity index is 1.49. The third-order valence-electron chi connectivity index (χ3n) is 7.45.